The first-order valence-corrected chi connectivity index (χ1v) is 4.99. The molecule has 0 radical (unpaired) electrons. The van der Waals surface area contributed by atoms with Crippen LogP contribution >= 0.6 is 15.9 Å². The Morgan fingerprint density at radius 3 is 2.71 bits per heavy atom. The standard InChI is InChI=1S/C10H12BrNO2/c1-6(12)8-4-3-7(11)5-9(8)10(13)14-2/h3-6H,12H2,1-2H3. The molecule has 0 heterocycles. The largest absolute Gasteiger partial charge is 0.465 e. The molecule has 1 unspecified atom stereocenters. The number of methoxy groups -OCH3 is 1. The average Bonchev–Trinajstić information content (AvgIpc) is 2.16. The van der Waals surface area contributed by atoms with E-state index in [9.17, 15) is 4.79 Å². The molecule has 0 fully saturated rings. The number of carbonyl (C=O) groups is 1. The molecule has 3 nitrogen and oxygen atoms in total. The molecule has 0 aliphatic rings. The highest BCUT2D eigenvalue weighted by Crippen LogP contribution is 2.21. The summed E-state index contributed by atoms with van der Waals surface area (Å²) in [5.41, 5.74) is 7.04. The fraction of sp³-hybridized carbons (Fsp3) is 0.300. The molecule has 0 bridgehead atoms. The van der Waals surface area contributed by atoms with Gasteiger partial charge in [-0.25, -0.2) is 4.79 Å². The Labute approximate surface area is 91.4 Å². The second kappa shape index (κ2) is 4.57. The highest BCUT2D eigenvalue weighted by molar-refractivity contribution is 9.10. The molecule has 0 spiro atoms. The van der Waals surface area contributed by atoms with Gasteiger partial charge in [-0.3, -0.25) is 0 Å². The van der Waals surface area contributed by atoms with E-state index in [-0.39, 0.29) is 12.0 Å². The van der Waals surface area contributed by atoms with Crippen LogP contribution in [0.25, 0.3) is 0 Å². The normalized spacial score (nSPS) is 12.3. The van der Waals surface area contributed by atoms with Crippen LogP contribution in [0.5, 0.6) is 0 Å². The number of hydrogen-bond acceptors (Lipinski definition) is 3. The van der Waals surface area contributed by atoms with Gasteiger partial charge in [-0.2, -0.15) is 0 Å². The SMILES string of the molecule is COC(=O)c1cc(Br)ccc1C(C)N. The van der Waals surface area contributed by atoms with Gasteiger partial charge in [0, 0.05) is 10.5 Å². The summed E-state index contributed by atoms with van der Waals surface area (Å²) in [5, 5.41) is 0. The van der Waals surface area contributed by atoms with Gasteiger partial charge in [-0.05, 0) is 24.6 Å². The molecule has 0 aromatic heterocycles. The number of halogens is 1. The maximum Gasteiger partial charge on any atom is 0.338 e. The average molecular weight is 258 g/mol. The van der Waals surface area contributed by atoms with Crippen molar-refractivity contribution in [2.75, 3.05) is 7.11 Å². The molecule has 0 amide bonds. The van der Waals surface area contributed by atoms with Crippen LogP contribution < -0.4 is 5.73 Å². The smallest absolute Gasteiger partial charge is 0.338 e. The predicted molar refractivity (Wildman–Crippen MR) is 58.1 cm³/mol. The fourth-order valence-corrected chi connectivity index (χ4v) is 1.57. The van der Waals surface area contributed by atoms with Crippen LogP contribution in [0.3, 0.4) is 0 Å². The van der Waals surface area contributed by atoms with Gasteiger partial charge < -0.3 is 10.5 Å². The van der Waals surface area contributed by atoms with E-state index in [0.29, 0.717) is 5.56 Å². The summed E-state index contributed by atoms with van der Waals surface area (Å²) in [6.45, 7) is 1.83. The Bertz CT molecular complexity index is 350. The third-order valence-electron chi connectivity index (χ3n) is 1.91. The molecule has 1 aromatic rings. The van der Waals surface area contributed by atoms with Crippen molar-refractivity contribution < 1.29 is 9.53 Å². The molecule has 76 valence electrons. The molecule has 2 N–H and O–H groups in total. The molecule has 4 heteroatoms. The summed E-state index contributed by atoms with van der Waals surface area (Å²) in [5.74, 6) is -0.362. The summed E-state index contributed by atoms with van der Waals surface area (Å²) in [6.07, 6.45) is 0. The van der Waals surface area contributed by atoms with E-state index in [1.807, 2.05) is 19.1 Å². The molecule has 1 atom stereocenters. The molecule has 0 saturated carbocycles. The first-order chi connectivity index (χ1) is 6.56. The first kappa shape index (κ1) is 11.2. The van der Waals surface area contributed by atoms with Crippen molar-refractivity contribution in [1.29, 1.82) is 0 Å². The summed E-state index contributed by atoms with van der Waals surface area (Å²) in [6, 6.07) is 5.20. The topological polar surface area (TPSA) is 52.3 Å². The van der Waals surface area contributed by atoms with Crippen molar-refractivity contribution >= 4 is 21.9 Å². The number of esters is 1. The fourth-order valence-electron chi connectivity index (χ4n) is 1.21. The van der Waals surface area contributed by atoms with E-state index in [2.05, 4.69) is 20.7 Å². The van der Waals surface area contributed by atoms with Gasteiger partial charge >= 0.3 is 5.97 Å². The molecular weight excluding hydrogens is 246 g/mol. The van der Waals surface area contributed by atoms with Gasteiger partial charge in [-0.15, -0.1) is 0 Å². The third-order valence-corrected chi connectivity index (χ3v) is 2.40. The van der Waals surface area contributed by atoms with Crippen LogP contribution in [0.4, 0.5) is 0 Å². The van der Waals surface area contributed by atoms with Crippen LogP contribution in [0.15, 0.2) is 22.7 Å². The van der Waals surface area contributed by atoms with Crippen molar-refractivity contribution in [2.45, 2.75) is 13.0 Å². The van der Waals surface area contributed by atoms with Gasteiger partial charge in [0.25, 0.3) is 0 Å². The maximum absolute atomic E-state index is 11.4. The highest BCUT2D eigenvalue weighted by atomic mass is 79.9. The molecule has 1 aromatic carbocycles. The van der Waals surface area contributed by atoms with E-state index >= 15 is 0 Å². The lowest BCUT2D eigenvalue weighted by molar-refractivity contribution is 0.0599. The summed E-state index contributed by atoms with van der Waals surface area (Å²) < 4.78 is 5.50. The number of nitrogens with two attached hydrogens (primary N) is 1. The van der Waals surface area contributed by atoms with Crippen LogP contribution in [0.2, 0.25) is 0 Å². The number of carbonyl (C=O) groups excluding carboxylic acids is 1. The van der Waals surface area contributed by atoms with Crippen molar-refractivity contribution in [3.8, 4) is 0 Å². The zero-order valence-corrected chi connectivity index (χ0v) is 9.67. The second-order valence-electron chi connectivity index (χ2n) is 3.01. The number of ether oxygens (including phenoxy) is 1. The Kier molecular flexibility index (Phi) is 3.66. The van der Waals surface area contributed by atoms with Gasteiger partial charge in [0.2, 0.25) is 0 Å². The third kappa shape index (κ3) is 2.33. The van der Waals surface area contributed by atoms with E-state index in [1.54, 1.807) is 6.07 Å². The van der Waals surface area contributed by atoms with E-state index < -0.39 is 0 Å². The summed E-state index contributed by atoms with van der Waals surface area (Å²) >= 11 is 3.29. The minimum absolute atomic E-state index is 0.183. The van der Waals surface area contributed by atoms with E-state index in [1.165, 1.54) is 7.11 Å². The van der Waals surface area contributed by atoms with Crippen LogP contribution in [-0.2, 0) is 4.74 Å². The minimum Gasteiger partial charge on any atom is -0.465 e. The molecule has 0 aliphatic heterocycles. The quantitative estimate of drug-likeness (QED) is 0.828. The Balaban J connectivity index is 3.22. The first-order valence-electron chi connectivity index (χ1n) is 4.19. The van der Waals surface area contributed by atoms with Crippen molar-refractivity contribution in [3.05, 3.63) is 33.8 Å². The van der Waals surface area contributed by atoms with Crippen molar-refractivity contribution in [2.24, 2.45) is 5.73 Å². The predicted octanol–water partition coefficient (Wildman–Crippen LogP) is 2.26. The molecule has 0 aliphatic carbocycles. The maximum atomic E-state index is 11.4. The van der Waals surface area contributed by atoms with E-state index in [4.69, 9.17) is 5.73 Å². The molecule has 14 heavy (non-hydrogen) atoms. The van der Waals surface area contributed by atoms with Crippen LogP contribution in [0.1, 0.15) is 28.9 Å². The monoisotopic (exact) mass is 257 g/mol. The van der Waals surface area contributed by atoms with Gasteiger partial charge in [-0.1, -0.05) is 22.0 Å². The number of rotatable bonds is 2. The van der Waals surface area contributed by atoms with Crippen LogP contribution in [-0.4, -0.2) is 13.1 Å². The van der Waals surface area contributed by atoms with E-state index in [0.717, 1.165) is 10.0 Å². The Morgan fingerprint density at radius 1 is 1.57 bits per heavy atom. The Hall–Kier alpha value is -0.870. The second-order valence-corrected chi connectivity index (χ2v) is 3.93. The zero-order valence-electron chi connectivity index (χ0n) is 8.08. The summed E-state index contributed by atoms with van der Waals surface area (Å²) in [4.78, 5) is 11.4. The van der Waals surface area contributed by atoms with Crippen molar-refractivity contribution in [3.63, 3.8) is 0 Å². The van der Waals surface area contributed by atoms with Crippen molar-refractivity contribution in [1.82, 2.24) is 0 Å². The molecule has 1 rings (SSSR count). The number of hydrogen-bond donors (Lipinski definition) is 1. The Morgan fingerprint density at radius 2 is 2.21 bits per heavy atom. The van der Waals surface area contributed by atoms with Gasteiger partial charge in [0.15, 0.2) is 0 Å². The zero-order chi connectivity index (χ0) is 10.7. The van der Waals surface area contributed by atoms with Gasteiger partial charge in [0.05, 0.1) is 12.7 Å². The van der Waals surface area contributed by atoms with Gasteiger partial charge in [0.1, 0.15) is 0 Å². The lowest BCUT2D eigenvalue weighted by atomic mass is 10.0. The molecule has 0 saturated heterocycles. The van der Waals surface area contributed by atoms with Crippen LogP contribution in [0, 0.1) is 0 Å². The lowest BCUT2D eigenvalue weighted by Gasteiger charge is -2.11. The minimum atomic E-state index is -0.362. The highest BCUT2D eigenvalue weighted by Gasteiger charge is 2.14. The summed E-state index contributed by atoms with van der Waals surface area (Å²) in [7, 11) is 1.36. The lowest BCUT2D eigenvalue weighted by Crippen LogP contribution is -2.12. The molecular formula is C10H12BrNO2. The number of benzene rings is 1.